The summed E-state index contributed by atoms with van der Waals surface area (Å²) >= 11 is 0. The number of ether oxygens (including phenoxy) is 3. The molecule has 0 radical (unpaired) electrons. The fraction of sp³-hybridized carbons (Fsp3) is 0.500. The van der Waals surface area contributed by atoms with E-state index in [0.29, 0.717) is 44.5 Å². The first-order chi connectivity index (χ1) is 16.8. The van der Waals surface area contributed by atoms with Crippen LogP contribution >= 0.6 is 0 Å². The standard InChI is InChI=1S/C28H32FNO5/c1-27(2)17-34-28(35-18-27)13-12-22(23(15-28)21-10-6-7-11-24(21)29)25(31)30-20(16-33-26(30)32)14-19-8-4-3-5-9-19/h3-11,20,22-23H,12-18H2,1-2H3/t20-,22-,23-/m1/s1. The second-order valence-corrected chi connectivity index (χ2v) is 10.8. The number of benzene rings is 2. The van der Waals surface area contributed by atoms with Gasteiger partial charge in [-0.3, -0.25) is 4.79 Å². The fourth-order valence-electron chi connectivity index (χ4n) is 5.50. The van der Waals surface area contributed by atoms with E-state index in [1.165, 1.54) is 11.0 Å². The van der Waals surface area contributed by atoms with Crippen LogP contribution in [-0.2, 0) is 25.4 Å². The molecule has 2 saturated heterocycles. The summed E-state index contributed by atoms with van der Waals surface area (Å²) in [7, 11) is 0. The lowest BCUT2D eigenvalue weighted by Gasteiger charge is -2.49. The largest absolute Gasteiger partial charge is 0.447 e. The maximum Gasteiger partial charge on any atom is 0.416 e. The van der Waals surface area contributed by atoms with Crippen LogP contribution in [0.4, 0.5) is 9.18 Å². The van der Waals surface area contributed by atoms with Crippen LogP contribution in [0.15, 0.2) is 54.6 Å². The van der Waals surface area contributed by atoms with Crippen molar-refractivity contribution >= 4 is 12.0 Å². The number of carbonyl (C=O) groups excluding carboxylic acids is 2. The summed E-state index contributed by atoms with van der Waals surface area (Å²) in [5.41, 5.74) is 1.37. The minimum atomic E-state index is -0.853. The van der Waals surface area contributed by atoms with Crippen molar-refractivity contribution in [1.82, 2.24) is 4.90 Å². The number of halogens is 1. The Morgan fingerprint density at radius 2 is 1.74 bits per heavy atom. The van der Waals surface area contributed by atoms with Gasteiger partial charge in [-0.15, -0.1) is 0 Å². The Morgan fingerprint density at radius 3 is 2.46 bits per heavy atom. The molecule has 2 aromatic carbocycles. The van der Waals surface area contributed by atoms with Gasteiger partial charge in [-0.2, -0.15) is 0 Å². The number of hydrogen-bond donors (Lipinski definition) is 0. The number of imide groups is 1. The first-order valence-electron chi connectivity index (χ1n) is 12.3. The van der Waals surface area contributed by atoms with E-state index in [-0.39, 0.29) is 23.7 Å². The molecule has 7 heteroatoms. The van der Waals surface area contributed by atoms with Gasteiger partial charge in [0.15, 0.2) is 5.79 Å². The van der Waals surface area contributed by atoms with Crippen molar-refractivity contribution < 1.29 is 28.2 Å². The fourth-order valence-corrected chi connectivity index (χ4v) is 5.50. The summed E-state index contributed by atoms with van der Waals surface area (Å²) in [5.74, 6) is -2.59. The normalized spacial score (nSPS) is 27.6. The van der Waals surface area contributed by atoms with Gasteiger partial charge in [0, 0.05) is 30.1 Å². The zero-order valence-electron chi connectivity index (χ0n) is 20.2. The summed E-state index contributed by atoms with van der Waals surface area (Å²) in [6.45, 7) is 5.38. The van der Waals surface area contributed by atoms with Crippen molar-refractivity contribution in [2.45, 2.75) is 57.3 Å². The highest BCUT2D eigenvalue weighted by Crippen LogP contribution is 2.49. The Balaban J connectivity index is 1.42. The van der Waals surface area contributed by atoms with E-state index >= 15 is 4.39 Å². The second-order valence-electron chi connectivity index (χ2n) is 10.8. The topological polar surface area (TPSA) is 65.1 Å². The van der Waals surface area contributed by atoms with Crippen LogP contribution in [0, 0.1) is 17.2 Å². The molecular weight excluding hydrogens is 449 g/mol. The van der Waals surface area contributed by atoms with Gasteiger partial charge in [0.2, 0.25) is 5.91 Å². The van der Waals surface area contributed by atoms with E-state index in [4.69, 9.17) is 14.2 Å². The molecule has 6 nitrogen and oxygen atoms in total. The molecule has 0 aromatic heterocycles. The molecule has 3 atom stereocenters. The SMILES string of the molecule is CC1(C)COC2(CC[C@@H](C(=O)N3C(=O)OC[C@H]3Cc3ccccc3)[C@@H](c3ccccc3F)C2)OC1. The quantitative estimate of drug-likeness (QED) is 0.610. The molecule has 35 heavy (non-hydrogen) atoms. The van der Waals surface area contributed by atoms with E-state index in [1.807, 2.05) is 30.3 Å². The molecule has 2 aliphatic heterocycles. The van der Waals surface area contributed by atoms with Gasteiger partial charge in [-0.05, 0) is 30.0 Å². The Morgan fingerprint density at radius 1 is 1.06 bits per heavy atom. The van der Waals surface area contributed by atoms with Gasteiger partial charge in [-0.25, -0.2) is 14.1 Å². The monoisotopic (exact) mass is 481 g/mol. The van der Waals surface area contributed by atoms with Crippen LogP contribution in [0.1, 0.15) is 50.2 Å². The van der Waals surface area contributed by atoms with Crippen LogP contribution < -0.4 is 0 Å². The van der Waals surface area contributed by atoms with Crippen molar-refractivity contribution in [3.8, 4) is 0 Å². The maximum atomic E-state index is 15.0. The van der Waals surface area contributed by atoms with Gasteiger partial charge in [0.25, 0.3) is 0 Å². The molecule has 0 bridgehead atoms. The van der Waals surface area contributed by atoms with Crippen LogP contribution in [0.5, 0.6) is 0 Å². The van der Waals surface area contributed by atoms with Gasteiger partial charge < -0.3 is 14.2 Å². The summed E-state index contributed by atoms with van der Waals surface area (Å²) in [6, 6.07) is 15.9. The molecule has 1 spiro atoms. The zero-order chi connectivity index (χ0) is 24.6. The second kappa shape index (κ2) is 9.36. The van der Waals surface area contributed by atoms with Crippen LogP contribution in [0.2, 0.25) is 0 Å². The Labute approximate surface area is 205 Å². The summed E-state index contributed by atoms with van der Waals surface area (Å²) < 4.78 is 32.8. The van der Waals surface area contributed by atoms with Crippen molar-refractivity contribution in [1.29, 1.82) is 0 Å². The maximum absolute atomic E-state index is 15.0. The van der Waals surface area contributed by atoms with E-state index in [9.17, 15) is 9.59 Å². The molecule has 1 aliphatic carbocycles. The average Bonchev–Trinajstić information content (AvgIpc) is 3.21. The lowest BCUT2D eigenvalue weighted by molar-refractivity contribution is -0.314. The number of amides is 2. The minimum absolute atomic E-state index is 0.102. The van der Waals surface area contributed by atoms with Crippen molar-refractivity contribution in [2.75, 3.05) is 19.8 Å². The molecule has 3 aliphatic rings. The zero-order valence-corrected chi connectivity index (χ0v) is 20.2. The van der Waals surface area contributed by atoms with Gasteiger partial charge in [0.1, 0.15) is 12.4 Å². The average molecular weight is 482 g/mol. The number of cyclic esters (lactones) is 1. The number of rotatable bonds is 4. The molecule has 2 aromatic rings. The Kier molecular flexibility index (Phi) is 6.40. The predicted octanol–water partition coefficient (Wildman–Crippen LogP) is 5.07. The van der Waals surface area contributed by atoms with E-state index in [2.05, 4.69) is 13.8 Å². The van der Waals surface area contributed by atoms with Crippen molar-refractivity contribution in [3.63, 3.8) is 0 Å². The molecule has 3 fully saturated rings. The van der Waals surface area contributed by atoms with Gasteiger partial charge in [0.05, 0.1) is 19.3 Å². The van der Waals surface area contributed by atoms with E-state index in [0.717, 1.165) is 5.56 Å². The lowest BCUT2D eigenvalue weighted by Crippen LogP contribution is -2.53. The summed E-state index contributed by atoms with van der Waals surface area (Å²) in [5, 5.41) is 0. The van der Waals surface area contributed by atoms with Crippen molar-refractivity contribution in [3.05, 3.63) is 71.5 Å². The first-order valence-corrected chi connectivity index (χ1v) is 12.3. The molecule has 2 heterocycles. The molecule has 2 amide bonds. The highest BCUT2D eigenvalue weighted by molar-refractivity contribution is 5.95. The summed E-state index contributed by atoms with van der Waals surface area (Å²) in [6.07, 6.45) is 1.18. The van der Waals surface area contributed by atoms with Crippen molar-refractivity contribution in [2.24, 2.45) is 11.3 Å². The third-order valence-corrected chi connectivity index (χ3v) is 7.44. The Hall–Kier alpha value is -2.77. The third-order valence-electron chi connectivity index (χ3n) is 7.44. The molecule has 186 valence electrons. The Bertz CT molecular complexity index is 1080. The molecule has 0 N–H and O–H groups in total. The molecule has 1 saturated carbocycles. The van der Waals surface area contributed by atoms with Crippen LogP contribution in [0.3, 0.4) is 0 Å². The van der Waals surface area contributed by atoms with Gasteiger partial charge in [-0.1, -0.05) is 62.4 Å². The highest BCUT2D eigenvalue weighted by atomic mass is 19.1. The number of hydrogen-bond acceptors (Lipinski definition) is 5. The highest BCUT2D eigenvalue weighted by Gasteiger charge is 2.52. The lowest BCUT2D eigenvalue weighted by atomic mass is 9.71. The molecule has 5 rings (SSSR count). The smallest absolute Gasteiger partial charge is 0.416 e. The minimum Gasteiger partial charge on any atom is -0.447 e. The predicted molar refractivity (Wildman–Crippen MR) is 127 cm³/mol. The number of nitrogens with zero attached hydrogens (tertiary/aromatic N) is 1. The van der Waals surface area contributed by atoms with E-state index in [1.54, 1.807) is 18.2 Å². The van der Waals surface area contributed by atoms with E-state index < -0.39 is 29.8 Å². The van der Waals surface area contributed by atoms with Crippen LogP contribution in [0.25, 0.3) is 0 Å². The van der Waals surface area contributed by atoms with Gasteiger partial charge >= 0.3 is 6.09 Å². The van der Waals surface area contributed by atoms with Crippen LogP contribution in [-0.4, -0.2) is 48.5 Å². The molecular formula is C28H32FNO5. The third kappa shape index (κ3) is 4.84. The summed E-state index contributed by atoms with van der Waals surface area (Å²) in [4.78, 5) is 27.9. The first kappa shape index (κ1) is 23.9. The number of carbonyl (C=O) groups is 2. The molecule has 0 unspecified atom stereocenters.